The van der Waals surface area contributed by atoms with Gasteiger partial charge in [-0.3, -0.25) is 9.59 Å². The van der Waals surface area contributed by atoms with E-state index in [-0.39, 0.29) is 30.3 Å². The van der Waals surface area contributed by atoms with Gasteiger partial charge >= 0.3 is 0 Å². The molecule has 0 aliphatic carbocycles. The topological polar surface area (TPSA) is 58.6 Å². The van der Waals surface area contributed by atoms with Gasteiger partial charge in [-0.15, -0.1) is 0 Å². The normalized spacial score (nSPS) is 20.4. The van der Waals surface area contributed by atoms with Crippen LogP contribution in [-0.2, 0) is 14.3 Å². The zero-order valence-corrected chi connectivity index (χ0v) is 11.6. The third kappa shape index (κ3) is 3.98. The van der Waals surface area contributed by atoms with Crippen LogP contribution in [0, 0.1) is 5.92 Å². The van der Waals surface area contributed by atoms with E-state index in [2.05, 4.69) is 12.2 Å². The maximum absolute atomic E-state index is 11.8. The summed E-state index contributed by atoms with van der Waals surface area (Å²) in [6.45, 7) is 7.84. The molecule has 1 heterocycles. The van der Waals surface area contributed by atoms with E-state index in [0.717, 1.165) is 19.4 Å². The monoisotopic (exact) mass is 256 g/mol. The second-order valence-electron chi connectivity index (χ2n) is 4.96. The minimum atomic E-state index is -0.360. The summed E-state index contributed by atoms with van der Waals surface area (Å²) in [7, 11) is 0. The van der Waals surface area contributed by atoms with Crippen molar-refractivity contribution in [3.63, 3.8) is 0 Å². The van der Waals surface area contributed by atoms with Crippen molar-refractivity contribution in [3.8, 4) is 0 Å². The highest BCUT2D eigenvalue weighted by Crippen LogP contribution is 2.14. The van der Waals surface area contributed by atoms with Gasteiger partial charge in [-0.25, -0.2) is 0 Å². The second kappa shape index (κ2) is 7.36. The summed E-state index contributed by atoms with van der Waals surface area (Å²) in [6.07, 6.45) is 2.13. The van der Waals surface area contributed by atoms with Gasteiger partial charge in [-0.05, 0) is 12.3 Å². The molecule has 1 saturated heterocycles. The smallest absolute Gasteiger partial charge is 0.243 e. The van der Waals surface area contributed by atoms with Crippen LogP contribution < -0.4 is 5.32 Å². The van der Waals surface area contributed by atoms with Gasteiger partial charge in [-0.1, -0.05) is 27.2 Å². The molecule has 1 fully saturated rings. The third-order valence-electron chi connectivity index (χ3n) is 3.09. The van der Waals surface area contributed by atoms with Crippen molar-refractivity contribution in [1.82, 2.24) is 10.2 Å². The van der Waals surface area contributed by atoms with Gasteiger partial charge in [0, 0.05) is 13.2 Å². The molecule has 0 bridgehead atoms. The van der Waals surface area contributed by atoms with E-state index >= 15 is 0 Å². The average Bonchev–Trinajstić information content (AvgIpc) is 2.32. The molecule has 0 radical (unpaired) electrons. The third-order valence-corrected chi connectivity index (χ3v) is 3.09. The first-order valence-electron chi connectivity index (χ1n) is 6.72. The molecule has 1 unspecified atom stereocenters. The van der Waals surface area contributed by atoms with Crippen LogP contribution in [0.3, 0.4) is 0 Å². The lowest BCUT2D eigenvalue weighted by Gasteiger charge is -2.37. The molecule has 18 heavy (non-hydrogen) atoms. The molecule has 5 nitrogen and oxygen atoms in total. The van der Waals surface area contributed by atoms with Crippen LogP contribution in [0.4, 0.5) is 0 Å². The Balaban J connectivity index is 2.47. The van der Waals surface area contributed by atoms with E-state index in [9.17, 15) is 9.59 Å². The van der Waals surface area contributed by atoms with Crippen LogP contribution in [0.2, 0.25) is 0 Å². The van der Waals surface area contributed by atoms with Crippen LogP contribution >= 0.6 is 0 Å². The Morgan fingerprint density at radius 2 is 2.11 bits per heavy atom. The van der Waals surface area contributed by atoms with Crippen LogP contribution in [-0.4, -0.2) is 49.1 Å². The number of unbranched alkanes of at least 4 members (excludes halogenated alkanes) is 1. The van der Waals surface area contributed by atoms with E-state index in [1.54, 1.807) is 4.90 Å². The zero-order valence-electron chi connectivity index (χ0n) is 11.6. The summed E-state index contributed by atoms with van der Waals surface area (Å²) in [6, 6.07) is -0.360. The molecular weight excluding hydrogens is 232 g/mol. The lowest BCUT2D eigenvalue weighted by Crippen LogP contribution is -2.60. The Labute approximate surface area is 109 Å². The van der Waals surface area contributed by atoms with Crippen LogP contribution in [0.5, 0.6) is 0 Å². The number of ether oxygens (including phenoxy) is 1. The molecule has 0 spiro atoms. The van der Waals surface area contributed by atoms with E-state index < -0.39 is 0 Å². The minimum Gasteiger partial charge on any atom is -0.380 e. The van der Waals surface area contributed by atoms with Crippen molar-refractivity contribution in [2.75, 3.05) is 26.3 Å². The summed E-state index contributed by atoms with van der Waals surface area (Å²) >= 11 is 0. The van der Waals surface area contributed by atoms with Crippen LogP contribution in [0.25, 0.3) is 0 Å². The van der Waals surface area contributed by atoms with Crippen molar-refractivity contribution >= 4 is 11.8 Å². The molecule has 0 aromatic heterocycles. The Morgan fingerprint density at radius 1 is 1.39 bits per heavy atom. The molecule has 1 atom stereocenters. The summed E-state index contributed by atoms with van der Waals surface area (Å²) < 4.78 is 5.46. The van der Waals surface area contributed by atoms with Crippen molar-refractivity contribution in [2.24, 2.45) is 5.92 Å². The van der Waals surface area contributed by atoms with Crippen molar-refractivity contribution in [2.45, 2.75) is 39.7 Å². The fraction of sp³-hybridized carbons (Fsp3) is 0.846. The van der Waals surface area contributed by atoms with Gasteiger partial charge < -0.3 is 15.0 Å². The van der Waals surface area contributed by atoms with E-state index in [4.69, 9.17) is 4.74 Å². The lowest BCUT2D eigenvalue weighted by molar-refractivity contribution is -0.148. The number of carbonyl (C=O) groups excluding carboxylic acids is 2. The molecule has 1 aliphatic rings. The van der Waals surface area contributed by atoms with Crippen molar-refractivity contribution in [1.29, 1.82) is 0 Å². The van der Waals surface area contributed by atoms with E-state index in [0.29, 0.717) is 13.2 Å². The highest BCUT2D eigenvalue weighted by atomic mass is 16.5. The largest absolute Gasteiger partial charge is 0.380 e. The molecule has 0 aromatic rings. The van der Waals surface area contributed by atoms with Crippen molar-refractivity contribution in [3.05, 3.63) is 0 Å². The molecule has 1 aliphatic heterocycles. The fourth-order valence-corrected chi connectivity index (χ4v) is 2.10. The molecular formula is C13H24N2O3. The number of nitrogens with one attached hydrogen (secondary N) is 1. The number of amides is 2. The van der Waals surface area contributed by atoms with Gasteiger partial charge in [0.2, 0.25) is 11.8 Å². The predicted molar refractivity (Wildman–Crippen MR) is 69.1 cm³/mol. The molecule has 1 N–H and O–H groups in total. The quantitative estimate of drug-likeness (QED) is 0.685. The molecule has 2 amide bonds. The number of hydrogen-bond donors (Lipinski definition) is 1. The summed E-state index contributed by atoms with van der Waals surface area (Å²) in [4.78, 5) is 25.3. The summed E-state index contributed by atoms with van der Waals surface area (Å²) in [5.74, 6) is 0.0374. The number of piperazine rings is 1. The SMILES string of the molecule is CCCCOCCN1C(=O)CNC(=O)C1C(C)C. The van der Waals surface area contributed by atoms with Gasteiger partial charge in [0.1, 0.15) is 6.04 Å². The van der Waals surface area contributed by atoms with Crippen molar-refractivity contribution < 1.29 is 14.3 Å². The Morgan fingerprint density at radius 3 is 2.72 bits per heavy atom. The number of nitrogens with zero attached hydrogens (tertiary/aromatic N) is 1. The van der Waals surface area contributed by atoms with Crippen LogP contribution in [0.1, 0.15) is 33.6 Å². The Bertz CT molecular complexity index is 292. The van der Waals surface area contributed by atoms with Gasteiger partial charge in [-0.2, -0.15) is 0 Å². The highest BCUT2D eigenvalue weighted by molar-refractivity contribution is 5.94. The molecule has 1 rings (SSSR count). The maximum Gasteiger partial charge on any atom is 0.243 e. The summed E-state index contributed by atoms with van der Waals surface area (Å²) in [5.41, 5.74) is 0. The first kappa shape index (κ1) is 15.0. The zero-order chi connectivity index (χ0) is 13.5. The van der Waals surface area contributed by atoms with Gasteiger partial charge in [0.25, 0.3) is 0 Å². The highest BCUT2D eigenvalue weighted by Gasteiger charge is 2.35. The number of carbonyl (C=O) groups is 2. The maximum atomic E-state index is 11.8. The van der Waals surface area contributed by atoms with E-state index in [1.165, 1.54) is 0 Å². The average molecular weight is 256 g/mol. The minimum absolute atomic E-state index is 0.0209. The lowest BCUT2D eigenvalue weighted by atomic mass is 9.99. The summed E-state index contributed by atoms with van der Waals surface area (Å²) in [5, 5.41) is 2.63. The van der Waals surface area contributed by atoms with Gasteiger partial charge in [0.05, 0.1) is 13.2 Å². The fourth-order valence-electron chi connectivity index (χ4n) is 2.10. The first-order valence-corrected chi connectivity index (χ1v) is 6.72. The molecule has 0 saturated carbocycles. The second-order valence-corrected chi connectivity index (χ2v) is 4.96. The molecule has 0 aromatic carbocycles. The Kier molecular flexibility index (Phi) is 6.12. The Hall–Kier alpha value is -1.10. The number of rotatable bonds is 7. The standard InChI is InChI=1S/C13H24N2O3/c1-4-5-7-18-8-6-15-11(16)9-14-13(17)12(15)10(2)3/h10,12H,4-9H2,1-3H3,(H,14,17). The molecule has 104 valence electrons. The predicted octanol–water partition coefficient (Wildman–Crippen LogP) is 0.786. The van der Waals surface area contributed by atoms with Gasteiger partial charge in [0.15, 0.2) is 0 Å². The van der Waals surface area contributed by atoms with E-state index in [1.807, 2.05) is 13.8 Å². The molecule has 5 heteroatoms. The first-order chi connectivity index (χ1) is 8.57. The number of hydrogen-bond acceptors (Lipinski definition) is 3. The van der Waals surface area contributed by atoms with Crippen LogP contribution in [0.15, 0.2) is 0 Å².